The van der Waals surface area contributed by atoms with Crippen LogP contribution in [0.1, 0.15) is 15.9 Å². The van der Waals surface area contributed by atoms with Crippen LogP contribution >= 0.6 is 34.4 Å². The zero-order chi connectivity index (χ0) is 18.0. The van der Waals surface area contributed by atoms with Gasteiger partial charge in [0.2, 0.25) is 5.91 Å². The van der Waals surface area contributed by atoms with E-state index in [0.29, 0.717) is 14.8 Å². The van der Waals surface area contributed by atoms with Gasteiger partial charge in [-0.15, -0.1) is 0 Å². The van der Waals surface area contributed by atoms with Crippen molar-refractivity contribution in [2.24, 2.45) is 0 Å². The van der Waals surface area contributed by atoms with Crippen molar-refractivity contribution in [3.05, 3.63) is 63.0 Å². The van der Waals surface area contributed by atoms with Crippen LogP contribution in [0.2, 0.25) is 0 Å². The molecular weight excluding hydrogens is 458 g/mol. The van der Waals surface area contributed by atoms with E-state index < -0.39 is 5.82 Å². The molecule has 1 fully saturated rings. The molecule has 8 heteroatoms. The molecule has 0 aromatic heterocycles. The Labute approximate surface area is 161 Å². The maximum Gasteiger partial charge on any atom is 0.289 e. The van der Waals surface area contributed by atoms with Gasteiger partial charge in [0.05, 0.1) is 17.9 Å². The smallest absolute Gasteiger partial charge is 0.289 e. The first kappa shape index (κ1) is 17.9. The Morgan fingerprint density at radius 1 is 1.20 bits per heavy atom. The Hall–Kier alpha value is -1.94. The number of hydrogen-bond acceptors (Lipinski definition) is 4. The average Bonchev–Trinajstić information content (AvgIpc) is 2.88. The number of nitrogens with one attached hydrogen (secondary N) is 1. The van der Waals surface area contributed by atoms with Gasteiger partial charge in [-0.25, -0.2) is 4.39 Å². The number of benzene rings is 2. The van der Waals surface area contributed by atoms with E-state index in [2.05, 4.69) is 5.32 Å². The SMILES string of the molecule is O=C(Nc1ccc(CN2C(=O)CSC2=O)cc1)c1ccc(F)cc1I. The van der Waals surface area contributed by atoms with Crippen LogP contribution in [-0.2, 0) is 11.3 Å². The number of nitrogens with zero attached hydrogens (tertiary/aromatic N) is 1. The third-order valence-electron chi connectivity index (χ3n) is 3.57. The summed E-state index contributed by atoms with van der Waals surface area (Å²) in [6, 6.07) is 10.8. The average molecular weight is 470 g/mol. The van der Waals surface area contributed by atoms with Crippen molar-refractivity contribution in [1.29, 1.82) is 0 Å². The summed E-state index contributed by atoms with van der Waals surface area (Å²) < 4.78 is 13.6. The summed E-state index contributed by atoms with van der Waals surface area (Å²) in [7, 11) is 0. The summed E-state index contributed by atoms with van der Waals surface area (Å²) in [5.41, 5.74) is 1.75. The van der Waals surface area contributed by atoms with E-state index in [1.54, 1.807) is 24.3 Å². The van der Waals surface area contributed by atoms with Gasteiger partial charge >= 0.3 is 0 Å². The predicted molar refractivity (Wildman–Crippen MR) is 102 cm³/mol. The maximum atomic E-state index is 13.1. The first-order valence-electron chi connectivity index (χ1n) is 7.26. The van der Waals surface area contributed by atoms with Crippen molar-refractivity contribution in [2.75, 3.05) is 11.1 Å². The highest BCUT2D eigenvalue weighted by atomic mass is 127. The number of hydrogen-bond donors (Lipinski definition) is 1. The van der Waals surface area contributed by atoms with Crippen LogP contribution in [0.15, 0.2) is 42.5 Å². The quantitative estimate of drug-likeness (QED) is 0.690. The van der Waals surface area contributed by atoms with Gasteiger partial charge in [0.1, 0.15) is 5.82 Å². The summed E-state index contributed by atoms with van der Waals surface area (Å²) >= 11 is 2.91. The van der Waals surface area contributed by atoms with Gasteiger partial charge in [0.25, 0.3) is 11.1 Å². The summed E-state index contributed by atoms with van der Waals surface area (Å²) in [5, 5.41) is 2.50. The highest BCUT2D eigenvalue weighted by Gasteiger charge is 2.29. The standard InChI is InChI=1S/C17H12FIN2O3S/c18-11-3-6-13(14(19)7-11)16(23)20-12-4-1-10(2-5-12)8-21-15(22)9-25-17(21)24/h1-7H,8-9H2,(H,20,23). The van der Waals surface area contributed by atoms with Crippen LogP contribution in [0.4, 0.5) is 14.9 Å². The fraction of sp³-hybridized carbons (Fsp3) is 0.118. The molecule has 1 aliphatic rings. The van der Waals surface area contributed by atoms with Gasteiger partial charge in [-0.2, -0.15) is 0 Å². The normalized spacial score (nSPS) is 14.1. The lowest BCUT2D eigenvalue weighted by atomic mass is 10.1. The molecule has 1 N–H and O–H groups in total. The van der Waals surface area contributed by atoms with Crippen LogP contribution in [0, 0.1) is 9.39 Å². The summed E-state index contributed by atoms with van der Waals surface area (Å²) in [5.74, 6) is -0.741. The highest BCUT2D eigenvalue weighted by molar-refractivity contribution is 14.1. The molecule has 0 spiro atoms. The molecule has 1 heterocycles. The summed E-state index contributed by atoms with van der Waals surface area (Å²) in [6.07, 6.45) is 0. The molecule has 25 heavy (non-hydrogen) atoms. The van der Waals surface area contributed by atoms with Crippen LogP contribution in [0.3, 0.4) is 0 Å². The second-order valence-corrected chi connectivity index (χ2v) is 7.40. The van der Waals surface area contributed by atoms with Gasteiger partial charge in [-0.05, 0) is 58.5 Å². The lowest BCUT2D eigenvalue weighted by molar-refractivity contribution is -0.125. The van der Waals surface area contributed by atoms with Crippen molar-refractivity contribution in [1.82, 2.24) is 4.90 Å². The fourth-order valence-corrected chi connectivity index (χ4v) is 3.73. The minimum Gasteiger partial charge on any atom is -0.322 e. The number of imide groups is 1. The Kier molecular flexibility index (Phi) is 5.38. The molecule has 1 saturated heterocycles. The lowest BCUT2D eigenvalue weighted by Gasteiger charge is -2.13. The largest absolute Gasteiger partial charge is 0.322 e. The third-order valence-corrected chi connectivity index (χ3v) is 5.32. The van der Waals surface area contributed by atoms with Crippen molar-refractivity contribution in [3.63, 3.8) is 0 Å². The van der Waals surface area contributed by atoms with E-state index in [9.17, 15) is 18.8 Å². The van der Waals surface area contributed by atoms with Gasteiger partial charge in [0.15, 0.2) is 0 Å². The number of rotatable bonds is 4. The molecule has 3 rings (SSSR count). The molecule has 2 aromatic carbocycles. The first-order valence-corrected chi connectivity index (χ1v) is 9.33. The molecule has 0 aliphatic carbocycles. The molecule has 3 amide bonds. The van der Waals surface area contributed by atoms with E-state index in [4.69, 9.17) is 0 Å². The minimum atomic E-state index is -0.394. The van der Waals surface area contributed by atoms with Crippen LogP contribution in [0.25, 0.3) is 0 Å². The monoisotopic (exact) mass is 470 g/mol. The number of carbonyl (C=O) groups excluding carboxylic acids is 3. The van der Waals surface area contributed by atoms with Crippen molar-refractivity contribution >= 4 is 57.1 Å². The van der Waals surface area contributed by atoms with E-state index in [1.807, 2.05) is 22.6 Å². The summed E-state index contributed by atoms with van der Waals surface area (Å²) in [4.78, 5) is 36.7. The number of carbonyl (C=O) groups is 3. The molecular formula is C17H12FIN2O3S. The first-order chi connectivity index (χ1) is 11.9. The fourth-order valence-electron chi connectivity index (χ4n) is 2.28. The van der Waals surface area contributed by atoms with Crippen LogP contribution < -0.4 is 5.32 Å². The Balaban J connectivity index is 1.67. The predicted octanol–water partition coefficient (Wildman–Crippen LogP) is 3.88. The molecule has 2 aromatic rings. The second kappa shape index (κ2) is 7.52. The highest BCUT2D eigenvalue weighted by Crippen LogP contribution is 2.22. The van der Waals surface area contributed by atoms with Gasteiger partial charge in [0, 0.05) is 9.26 Å². The second-order valence-electron chi connectivity index (χ2n) is 5.31. The molecule has 0 radical (unpaired) electrons. The van der Waals surface area contributed by atoms with E-state index in [0.717, 1.165) is 17.3 Å². The molecule has 0 saturated carbocycles. The van der Waals surface area contributed by atoms with E-state index in [1.165, 1.54) is 23.1 Å². The Morgan fingerprint density at radius 3 is 2.52 bits per heavy atom. The van der Waals surface area contributed by atoms with E-state index in [-0.39, 0.29) is 29.4 Å². The summed E-state index contributed by atoms with van der Waals surface area (Å²) in [6.45, 7) is 0.217. The lowest BCUT2D eigenvalue weighted by Crippen LogP contribution is -2.27. The van der Waals surface area contributed by atoms with Crippen LogP contribution in [-0.4, -0.2) is 27.7 Å². The molecule has 5 nitrogen and oxygen atoms in total. The number of amides is 3. The van der Waals surface area contributed by atoms with Crippen molar-refractivity contribution in [2.45, 2.75) is 6.54 Å². The van der Waals surface area contributed by atoms with Crippen molar-refractivity contribution in [3.8, 4) is 0 Å². The zero-order valence-corrected chi connectivity index (χ0v) is 15.8. The van der Waals surface area contributed by atoms with Gasteiger partial charge in [-0.1, -0.05) is 23.9 Å². The maximum absolute atomic E-state index is 13.1. The Bertz CT molecular complexity index is 841. The topological polar surface area (TPSA) is 66.5 Å². The number of halogens is 2. The number of anilines is 1. The molecule has 128 valence electrons. The molecule has 0 bridgehead atoms. The molecule has 0 atom stereocenters. The third kappa shape index (κ3) is 4.18. The van der Waals surface area contributed by atoms with Crippen molar-refractivity contribution < 1.29 is 18.8 Å². The Morgan fingerprint density at radius 2 is 1.92 bits per heavy atom. The molecule has 1 aliphatic heterocycles. The minimum absolute atomic E-state index is 0.184. The molecule has 0 unspecified atom stereocenters. The number of thioether (sulfide) groups is 1. The zero-order valence-electron chi connectivity index (χ0n) is 12.8. The van der Waals surface area contributed by atoms with Crippen LogP contribution in [0.5, 0.6) is 0 Å². The van der Waals surface area contributed by atoms with Gasteiger partial charge in [-0.3, -0.25) is 19.3 Å². The van der Waals surface area contributed by atoms with E-state index >= 15 is 0 Å². The van der Waals surface area contributed by atoms with Gasteiger partial charge < -0.3 is 5.32 Å².